The molecule has 3 heteroatoms. The van der Waals surface area contributed by atoms with E-state index < -0.39 is 5.82 Å². The largest absolute Gasteiger partial charge is 0.505 e. The van der Waals surface area contributed by atoms with Gasteiger partial charge in [0, 0.05) is 0 Å². The summed E-state index contributed by atoms with van der Waals surface area (Å²) in [7, 11) is 0. The molecule has 22 heavy (non-hydrogen) atoms. The summed E-state index contributed by atoms with van der Waals surface area (Å²) in [6.45, 7) is 2.37. The molecule has 0 heterocycles. The molecule has 1 N–H and O–H groups in total. The third-order valence-corrected chi connectivity index (χ3v) is 6.41. The lowest BCUT2D eigenvalue weighted by Gasteiger charge is -2.37. The summed E-state index contributed by atoms with van der Waals surface area (Å²) in [5.41, 5.74) is 0.882. The molecule has 0 bridgehead atoms. The van der Waals surface area contributed by atoms with Gasteiger partial charge in [-0.05, 0) is 73.8 Å². The summed E-state index contributed by atoms with van der Waals surface area (Å²) < 4.78 is 13.8. The maximum atomic E-state index is 13.8. The van der Waals surface area contributed by atoms with Crippen molar-refractivity contribution in [2.45, 2.75) is 64.2 Å². The first kappa shape index (κ1) is 16.1. The summed E-state index contributed by atoms with van der Waals surface area (Å²) >= 11 is 6.10. The Kier molecular flexibility index (Phi) is 4.97. The summed E-state index contributed by atoms with van der Waals surface area (Å²) in [6.07, 6.45) is 10.2. The van der Waals surface area contributed by atoms with Crippen LogP contribution >= 0.6 is 11.6 Å². The van der Waals surface area contributed by atoms with Crippen molar-refractivity contribution in [2.75, 3.05) is 0 Å². The van der Waals surface area contributed by atoms with Gasteiger partial charge in [-0.2, -0.15) is 0 Å². The van der Waals surface area contributed by atoms with Crippen molar-refractivity contribution in [3.05, 3.63) is 28.5 Å². The lowest BCUT2D eigenvalue weighted by atomic mass is 9.68. The van der Waals surface area contributed by atoms with Crippen LogP contribution in [0.2, 0.25) is 5.02 Å². The molecule has 2 fully saturated rings. The molecular formula is C19H26ClFO. The minimum atomic E-state index is -0.664. The normalized spacial score (nSPS) is 32.9. The van der Waals surface area contributed by atoms with Crippen LogP contribution in [0, 0.1) is 23.6 Å². The lowest BCUT2D eigenvalue weighted by Crippen LogP contribution is -2.24. The quantitative estimate of drug-likeness (QED) is 0.678. The van der Waals surface area contributed by atoms with Gasteiger partial charge in [0.25, 0.3) is 0 Å². The molecule has 2 saturated carbocycles. The van der Waals surface area contributed by atoms with Crippen LogP contribution in [0.4, 0.5) is 4.39 Å². The lowest BCUT2D eigenvalue weighted by molar-refractivity contribution is 0.165. The van der Waals surface area contributed by atoms with Crippen LogP contribution in [-0.4, -0.2) is 5.11 Å². The Morgan fingerprint density at radius 2 is 1.50 bits per heavy atom. The van der Waals surface area contributed by atoms with Crippen LogP contribution in [0.25, 0.3) is 0 Å². The number of rotatable bonds is 2. The number of phenolic OH excluding ortho intramolecular Hbond substituents is 1. The monoisotopic (exact) mass is 324 g/mol. The van der Waals surface area contributed by atoms with Gasteiger partial charge >= 0.3 is 0 Å². The van der Waals surface area contributed by atoms with E-state index in [1.54, 1.807) is 6.07 Å². The predicted molar refractivity (Wildman–Crippen MR) is 88.9 cm³/mol. The number of hydrogen-bond acceptors (Lipinski definition) is 1. The fraction of sp³-hybridized carbons (Fsp3) is 0.684. The minimum Gasteiger partial charge on any atom is -0.505 e. The van der Waals surface area contributed by atoms with Crippen molar-refractivity contribution in [2.24, 2.45) is 17.8 Å². The first-order chi connectivity index (χ1) is 10.6. The Morgan fingerprint density at radius 3 is 2.09 bits per heavy atom. The fourth-order valence-corrected chi connectivity index (χ4v) is 4.84. The molecule has 0 saturated heterocycles. The highest BCUT2D eigenvalue weighted by Crippen LogP contribution is 2.45. The highest BCUT2D eigenvalue weighted by molar-refractivity contribution is 6.31. The van der Waals surface area contributed by atoms with E-state index in [0.717, 1.165) is 36.2 Å². The molecule has 1 aromatic carbocycles. The Labute approximate surface area is 137 Å². The van der Waals surface area contributed by atoms with Gasteiger partial charge < -0.3 is 5.11 Å². The van der Waals surface area contributed by atoms with Crippen LogP contribution in [-0.2, 0) is 0 Å². The van der Waals surface area contributed by atoms with Crippen molar-refractivity contribution in [1.82, 2.24) is 0 Å². The average Bonchev–Trinajstić information content (AvgIpc) is 2.54. The number of benzene rings is 1. The van der Waals surface area contributed by atoms with Gasteiger partial charge in [0.05, 0.1) is 5.02 Å². The van der Waals surface area contributed by atoms with Crippen LogP contribution in [0.1, 0.15) is 69.8 Å². The molecule has 0 aromatic heterocycles. The predicted octanol–water partition coefficient (Wildman–Crippen LogP) is 6.28. The van der Waals surface area contributed by atoms with Crippen molar-refractivity contribution < 1.29 is 9.50 Å². The van der Waals surface area contributed by atoms with E-state index in [1.165, 1.54) is 44.6 Å². The van der Waals surface area contributed by atoms with Crippen LogP contribution in [0.3, 0.4) is 0 Å². The topological polar surface area (TPSA) is 20.2 Å². The maximum Gasteiger partial charge on any atom is 0.183 e. The average molecular weight is 325 g/mol. The number of phenols is 1. The molecule has 2 aliphatic carbocycles. The maximum absolute atomic E-state index is 13.8. The molecule has 3 rings (SSSR count). The second kappa shape index (κ2) is 6.78. The zero-order valence-electron chi connectivity index (χ0n) is 13.3. The molecule has 0 aliphatic heterocycles. The third kappa shape index (κ3) is 3.27. The molecular weight excluding hydrogens is 299 g/mol. The van der Waals surface area contributed by atoms with E-state index in [9.17, 15) is 9.50 Å². The van der Waals surface area contributed by atoms with Crippen LogP contribution in [0.15, 0.2) is 12.1 Å². The zero-order valence-corrected chi connectivity index (χ0v) is 14.1. The second-order valence-corrected chi connectivity index (χ2v) is 7.81. The molecule has 0 unspecified atom stereocenters. The van der Waals surface area contributed by atoms with Gasteiger partial charge in [-0.3, -0.25) is 0 Å². The highest BCUT2D eigenvalue weighted by Gasteiger charge is 2.31. The van der Waals surface area contributed by atoms with Crippen LogP contribution < -0.4 is 0 Å². The molecule has 0 radical (unpaired) electrons. The number of halogens is 2. The van der Waals surface area contributed by atoms with Gasteiger partial charge in [-0.1, -0.05) is 37.4 Å². The Bertz CT molecular complexity index is 514. The van der Waals surface area contributed by atoms with Gasteiger partial charge in [0.15, 0.2) is 11.6 Å². The Balaban J connectivity index is 1.61. The van der Waals surface area contributed by atoms with Crippen LogP contribution in [0.5, 0.6) is 5.75 Å². The van der Waals surface area contributed by atoms with Crippen molar-refractivity contribution in [3.8, 4) is 5.75 Å². The minimum absolute atomic E-state index is 0.120. The SMILES string of the molecule is CC1CCC(C2CCC(c3ccc(O)c(F)c3Cl)CC2)CC1. The van der Waals surface area contributed by atoms with E-state index in [1.807, 2.05) is 0 Å². The van der Waals surface area contributed by atoms with E-state index >= 15 is 0 Å². The smallest absolute Gasteiger partial charge is 0.183 e. The zero-order chi connectivity index (χ0) is 15.7. The first-order valence-corrected chi connectivity index (χ1v) is 9.11. The summed E-state index contributed by atoms with van der Waals surface area (Å²) in [6, 6.07) is 3.24. The number of hydrogen-bond donors (Lipinski definition) is 1. The molecule has 2 aliphatic rings. The molecule has 0 spiro atoms. The molecule has 1 aromatic rings. The summed E-state index contributed by atoms with van der Waals surface area (Å²) in [5, 5.41) is 9.52. The third-order valence-electron chi connectivity index (χ3n) is 6.03. The second-order valence-electron chi connectivity index (χ2n) is 7.43. The fourth-order valence-electron chi connectivity index (χ4n) is 4.53. The molecule has 0 amide bonds. The van der Waals surface area contributed by atoms with Gasteiger partial charge in [-0.15, -0.1) is 0 Å². The molecule has 122 valence electrons. The van der Waals surface area contributed by atoms with Crippen molar-refractivity contribution in [3.63, 3.8) is 0 Å². The summed E-state index contributed by atoms with van der Waals surface area (Å²) in [5.74, 6) is 2.00. The highest BCUT2D eigenvalue weighted by atomic mass is 35.5. The van der Waals surface area contributed by atoms with Gasteiger partial charge in [-0.25, -0.2) is 4.39 Å². The molecule has 1 nitrogen and oxygen atoms in total. The van der Waals surface area contributed by atoms with Gasteiger partial charge in [0.2, 0.25) is 0 Å². The standard InChI is InChI=1S/C19H26ClFO/c1-12-2-4-13(5-3-12)14-6-8-15(9-7-14)16-10-11-17(22)19(21)18(16)20/h10-15,22H,2-9H2,1H3. The number of aromatic hydroxyl groups is 1. The summed E-state index contributed by atoms with van der Waals surface area (Å²) in [4.78, 5) is 0. The van der Waals surface area contributed by atoms with Gasteiger partial charge in [0.1, 0.15) is 0 Å². The van der Waals surface area contributed by atoms with E-state index in [4.69, 9.17) is 11.6 Å². The first-order valence-electron chi connectivity index (χ1n) is 8.73. The Hall–Kier alpha value is -0.760. The Morgan fingerprint density at radius 1 is 0.955 bits per heavy atom. The van der Waals surface area contributed by atoms with Crippen molar-refractivity contribution >= 4 is 11.6 Å². The van der Waals surface area contributed by atoms with E-state index in [2.05, 4.69) is 6.92 Å². The van der Waals surface area contributed by atoms with E-state index in [0.29, 0.717) is 5.92 Å². The van der Waals surface area contributed by atoms with Crippen molar-refractivity contribution in [1.29, 1.82) is 0 Å². The molecule has 0 atom stereocenters. The van der Waals surface area contributed by atoms with E-state index in [-0.39, 0.29) is 10.8 Å².